The predicted octanol–water partition coefficient (Wildman–Crippen LogP) is 3.44. The Morgan fingerprint density at radius 1 is 1.38 bits per heavy atom. The number of carbonyl (C=O) groups is 1. The largest absolute Gasteiger partial charge is 0.351 e. The molecule has 1 aromatic rings. The van der Waals surface area contributed by atoms with Crippen molar-refractivity contribution in [1.29, 1.82) is 0 Å². The van der Waals surface area contributed by atoms with E-state index in [1.165, 1.54) is 0 Å². The van der Waals surface area contributed by atoms with Crippen LogP contribution in [0.25, 0.3) is 0 Å². The Kier molecular flexibility index (Phi) is 5.75. The molecule has 1 amide bonds. The van der Waals surface area contributed by atoms with E-state index in [-0.39, 0.29) is 5.91 Å². The van der Waals surface area contributed by atoms with E-state index >= 15 is 0 Å². The third-order valence-electron chi connectivity index (χ3n) is 2.29. The Morgan fingerprint density at radius 2 is 1.94 bits per heavy atom. The minimum atomic E-state index is -0.0125. The number of benzene rings is 1. The van der Waals surface area contributed by atoms with Crippen molar-refractivity contribution in [1.82, 2.24) is 5.32 Å². The third kappa shape index (κ3) is 4.41. The second-order valence-corrected chi connectivity index (χ2v) is 6.40. The van der Waals surface area contributed by atoms with Gasteiger partial charge in [0.1, 0.15) is 0 Å². The highest BCUT2D eigenvalue weighted by molar-refractivity contribution is 14.1. The maximum Gasteiger partial charge on any atom is 0.251 e. The van der Waals surface area contributed by atoms with E-state index in [0.717, 1.165) is 3.57 Å². The van der Waals surface area contributed by atoms with E-state index in [9.17, 15) is 4.79 Å². The van der Waals surface area contributed by atoms with Crippen molar-refractivity contribution < 1.29 is 4.79 Å². The lowest BCUT2D eigenvalue weighted by atomic mass is 10.1. The van der Waals surface area contributed by atoms with E-state index in [1.807, 2.05) is 24.3 Å². The number of hydrogen-bond donors (Lipinski definition) is 1. The summed E-state index contributed by atoms with van der Waals surface area (Å²) >= 11 is 5.76. The lowest BCUT2D eigenvalue weighted by Gasteiger charge is -2.14. The minimum Gasteiger partial charge on any atom is -0.351 e. The SMILES string of the molecule is CC(C)C(Br)CNC(=O)c1ccc(I)cc1. The van der Waals surface area contributed by atoms with E-state index in [0.29, 0.717) is 22.9 Å². The molecule has 0 saturated heterocycles. The minimum absolute atomic E-state index is 0.0125. The topological polar surface area (TPSA) is 29.1 Å². The summed E-state index contributed by atoms with van der Waals surface area (Å²) in [7, 11) is 0. The normalized spacial score (nSPS) is 12.6. The Hall–Kier alpha value is -0.100. The lowest BCUT2D eigenvalue weighted by molar-refractivity contribution is 0.0953. The molecule has 1 N–H and O–H groups in total. The average molecular weight is 396 g/mol. The summed E-state index contributed by atoms with van der Waals surface area (Å²) < 4.78 is 1.13. The first-order chi connectivity index (χ1) is 7.50. The van der Waals surface area contributed by atoms with Crippen LogP contribution in [0.3, 0.4) is 0 Å². The molecule has 2 nitrogen and oxygen atoms in total. The van der Waals surface area contributed by atoms with E-state index < -0.39 is 0 Å². The molecule has 0 heterocycles. The van der Waals surface area contributed by atoms with Gasteiger partial charge in [0.2, 0.25) is 0 Å². The summed E-state index contributed by atoms with van der Waals surface area (Å²) in [4.78, 5) is 12.1. The van der Waals surface area contributed by atoms with Gasteiger partial charge in [-0.1, -0.05) is 29.8 Å². The molecule has 0 aromatic heterocycles. The van der Waals surface area contributed by atoms with Crippen molar-refractivity contribution in [3.05, 3.63) is 33.4 Å². The van der Waals surface area contributed by atoms with Gasteiger partial charge < -0.3 is 5.32 Å². The molecule has 88 valence electrons. The Balaban J connectivity index is 2.50. The quantitative estimate of drug-likeness (QED) is 0.614. The number of carbonyl (C=O) groups excluding carboxylic acids is 1. The van der Waals surface area contributed by atoms with E-state index in [2.05, 4.69) is 57.7 Å². The molecule has 0 fully saturated rings. The summed E-state index contributed by atoms with van der Waals surface area (Å²) in [5.74, 6) is 0.499. The molecular formula is C12H15BrINO. The summed E-state index contributed by atoms with van der Waals surface area (Å²) in [5, 5.41) is 2.91. The monoisotopic (exact) mass is 395 g/mol. The fourth-order valence-electron chi connectivity index (χ4n) is 1.13. The van der Waals surface area contributed by atoms with Crippen LogP contribution in [0, 0.1) is 9.49 Å². The van der Waals surface area contributed by atoms with Gasteiger partial charge in [-0.25, -0.2) is 0 Å². The first-order valence-corrected chi connectivity index (χ1v) is 7.18. The summed E-state index contributed by atoms with van der Waals surface area (Å²) in [6, 6.07) is 7.55. The summed E-state index contributed by atoms with van der Waals surface area (Å²) in [6.07, 6.45) is 0. The van der Waals surface area contributed by atoms with Gasteiger partial charge in [0.05, 0.1) is 0 Å². The second-order valence-electron chi connectivity index (χ2n) is 3.98. The van der Waals surface area contributed by atoms with Crippen molar-refractivity contribution >= 4 is 44.4 Å². The van der Waals surface area contributed by atoms with Gasteiger partial charge in [0.15, 0.2) is 0 Å². The number of halogens is 2. The van der Waals surface area contributed by atoms with Gasteiger partial charge in [-0.15, -0.1) is 0 Å². The van der Waals surface area contributed by atoms with Crippen molar-refractivity contribution in [3.63, 3.8) is 0 Å². The van der Waals surface area contributed by atoms with Crippen LogP contribution in [0.15, 0.2) is 24.3 Å². The zero-order valence-electron chi connectivity index (χ0n) is 9.34. The van der Waals surface area contributed by atoms with Crippen LogP contribution in [0.5, 0.6) is 0 Å². The van der Waals surface area contributed by atoms with Gasteiger partial charge in [-0.2, -0.15) is 0 Å². The third-order valence-corrected chi connectivity index (χ3v) is 4.39. The Labute approximate surface area is 118 Å². The van der Waals surface area contributed by atoms with Crippen LogP contribution in [0.2, 0.25) is 0 Å². The van der Waals surface area contributed by atoms with Crippen LogP contribution >= 0.6 is 38.5 Å². The smallest absolute Gasteiger partial charge is 0.251 e. The second kappa shape index (κ2) is 6.59. The lowest BCUT2D eigenvalue weighted by Crippen LogP contribution is -2.31. The molecule has 0 radical (unpaired) electrons. The molecule has 0 aliphatic carbocycles. The molecule has 0 bridgehead atoms. The molecule has 1 unspecified atom stereocenters. The highest BCUT2D eigenvalue weighted by atomic mass is 127. The van der Waals surface area contributed by atoms with Crippen molar-refractivity contribution in [2.75, 3.05) is 6.54 Å². The van der Waals surface area contributed by atoms with Gasteiger partial charge in [-0.05, 0) is 52.8 Å². The van der Waals surface area contributed by atoms with Crippen LogP contribution in [-0.2, 0) is 0 Å². The number of amides is 1. The van der Waals surface area contributed by atoms with Crippen molar-refractivity contribution in [3.8, 4) is 0 Å². The molecule has 16 heavy (non-hydrogen) atoms. The number of rotatable bonds is 4. The molecule has 1 aromatic carbocycles. The van der Waals surface area contributed by atoms with E-state index in [1.54, 1.807) is 0 Å². The molecule has 0 aliphatic heterocycles. The van der Waals surface area contributed by atoms with Gasteiger partial charge in [0.25, 0.3) is 5.91 Å². The molecule has 1 atom stereocenters. The summed E-state index contributed by atoms with van der Waals surface area (Å²) in [5.41, 5.74) is 0.712. The van der Waals surface area contributed by atoms with Gasteiger partial charge in [-0.3, -0.25) is 4.79 Å². The van der Waals surface area contributed by atoms with Gasteiger partial charge in [0, 0.05) is 20.5 Å². The van der Waals surface area contributed by atoms with Crippen molar-refractivity contribution in [2.24, 2.45) is 5.92 Å². The highest BCUT2D eigenvalue weighted by Crippen LogP contribution is 2.11. The summed E-state index contributed by atoms with van der Waals surface area (Å²) in [6.45, 7) is 4.90. The zero-order chi connectivity index (χ0) is 12.1. The van der Waals surface area contributed by atoms with Crippen LogP contribution in [0.1, 0.15) is 24.2 Å². The number of hydrogen-bond acceptors (Lipinski definition) is 1. The van der Waals surface area contributed by atoms with E-state index in [4.69, 9.17) is 0 Å². The maximum atomic E-state index is 11.7. The standard InChI is InChI=1S/C12H15BrINO/c1-8(2)11(13)7-15-12(16)9-3-5-10(14)6-4-9/h3-6,8,11H,7H2,1-2H3,(H,15,16). The fourth-order valence-corrected chi connectivity index (χ4v) is 1.65. The van der Waals surface area contributed by atoms with Gasteiger partial charge >= 0.3 is 0 Å². The highest BCUT2D eigenvalue weighted by Gasteiger charge is 2.11. The Bertz CT molecular complexity index is 351. The molecule has 1 rings (SSSR count). The number of nitrogens with one attached hydrogen (secondary N) is 1. The number of alkyl halides is 1. The Morgan fingerprint density at radius 3 is 2.44 bits per heavy atom. The molecule has 0 spiro atoms. The van der Waals surface area contributed by atoms with Crippen LogP contribution < -0.4 is 5.32 Å². The zero-order valence-corrected chi connectivity index (χ0v) is 13.1. The average Bonchev–Trinajstić information content (AvgIpc) is 2.26. The molecule has 0 saturated carbocycles. The first kappa shape index (κ1) is 14.0. The maximum absolute atomic E-state index is 11.7. The van der Waals surface area contributed by atoms with Crippen molar-refractivity contribution in [2.45, 2.75) is 18.7 Å². The van der Waals surface area contributed by atoms with Crippen LogP contribution in [0.4, 0.5) is 0 Å². The van der Waals surface area contributed by atoms with Crippen LogP contribution in [-0.4, -0.2) is 17.3 Å². The predicted molar refractivity (Wildman–Crippen MR) is 79.0 cm³/mol. The molecular weight excluding hydrogens is 381 g/mol. The first-order valence-electron chi connectivity index (χ1n) is 5.18. The molecule has 0 aliphatic rings. The fraction of sp³-hybridized carbons (Fsp3) is 0.417. The molecule has 4 heteroatoms.